The van der Waals surface area contributed by atoms with E-state index in [0.717, 1.165) is 15.4 Å². The maximum absolute atomic E-state index is 12.2. The van der Waals surface area contributed by atoms with E-state index < -0.39 is 22.0 Å². The van der Waals surface area contributed by atoms with Crippen LogP contribution in [0.15, 0.2) is 48.8 Å². The zero-order valence-corrected chi connectivity index (χ0v) is 14.7. The molecule has 1 unspecified atom stereocenters. The number of hydrogen-bond acceptors (Lipinski definition) is 6. The Hall–Kier alpha value is -2.49. The molecule has 1 amide bonds. The second-order valence-corrected chi connectivity index (χ2v) is 7.97. The lowest BCUT2D eigenvalue weighted by Gasteiger charge is -2.21. The largest absolute Gasteiger partial charge is 0.489 e. The van der Waals surface area contributed by atoms with Gasteiger partial charge in [-0.3, -0.25) is 15.0 Å². The van der Waals surface area contributed by atoms with Crippen molar-refractivity contribution in [1.82, 2.24) is 14.8 Å². The molecular formula is C17H19N3O5S. The minimum absolute atomic E-state index is 0.0606. The number of carbonyl (C=O) groups is 1. The summed E-state index contributed by atoms with van der Waals surface area (Å²) < 4.78 is 31.1. The van der Waals surface area contributed by atoms with Gasteiger partial charge in [0.05, 0.1) is 5.75 Å². The third-order valence-corrected chi connectivity index (χ3v) is 6.03. The van der Waals surface area contributed by atoms with Gasteiger partial charge in [0.15, 0.2) is 0 Å². The number of rotatable bonds is 6. The van der Waals surface area contributed by atoms with Gasteiger partial charge in [0.1, 0.15) is 18.4 Å². The minimum atomic E-state index is -3.52. The van der Waals surface area contributed by atoms with Crippen molar-refractivity contribution in [2.45, 2.75) is 25.6 Å². The van der Waals surface area contributed by atoms with Crippen molar-refractivity contribution < 1.29 is 23.2 Å². The number of ether oxygens (including phenoxy) is 1. The first-order valence-electron chi connectivity index (χ1n) is 8.04. The predicted molar refractivity (Wildman–Crippen MR) is 92.7 cm³/mol. The van der Waals surface area contributed by atoms with E-state index in [0.29, 0.717) is 12.4 Å². The van der Waals surface area contributed by atoms with Crippen LogP contribution in [0.4, 0.5) is 0 Å². The maximum atomic E-state index is 12.2. The van der Waals surface area contributed by atoms with Gasteiger partial charge in [0.25, 0.3) is 5.91 Å². The summed E-state index contributed by atoms with van der Waals surface area (Å²) in [6.45, 7) is 0.464. The minimum Gasteiger partial charge on any atom is -0.489 e. The van der Waals surface area contributed by atoms with Gasteiger partial charge in [0.2, 0.25) is 10.0 Å². The first-order chi connectivity index (χ1) is 12.5. The molecule has 0 aliphatic carbocycles. The molecule has 0 saturated carbocycles. The van der Waals surface area contributed by atoms with Crippen molar-refractivity contribution in [3.05, 3.63) is 59.9 Å². The van der Waals surface area contributed by atoms with Crippen LogP contribution in [0.2, 0.25) is 0 Å². The van der Waals surface area contributed by atoms with Crippen molar-refractivity contribution in [1.29, 1.82) is 0 Å². The van der Waals surface area contributed by atoms with Gasteiger partial charge in [-0.15, -0.1) is 0 Å². The average Bonchev–Trinajstić information content (AvgIpc) is 2.96. The molecule has 1 aromatic carbocycles. The van der Waals surface area contributed by atoms with Crippen LogP contribution in [-0.2, 0) is 28.0 Å². The molecule has 3 rings (SSSR count). The number of sulfonamides is 1. The number of nitrogens with zero attached hydrogens (tertiary/aromatic N) is 2. The second kappa shape index (κ2) is 7.81. The molecule has 8 nitrogen and oxygen atoms in total. The highest BCUT2D eigenvalue weighted by Crippen LogP contribution is 2.25. The summed E-state index contributed by atoms with van der Waals surface area (Å²) in [5, 5.41) is 8.80. The Bertz CT molecular complexity index is 856. The fourth-order valence-electron chi connectivity index (χ4n) is 2.78. The Morgan fingerprint density at radius 1 is 1.19 bits per heavy atom. The summed E-state index contributed by atoms with van der Waals surface area (Å²) in [6, 6.07) is 9.83. The molecule has 1 saturated heterocycles. The Kier molecular flexibility index (Phi) is 5.50. The maximum Gasteiger partial charge on any atom is 0.261 e. The van der Waals surface area contributed by atoms with Crippen molar-refractivity contribution in [3.63, 3.8) is 0 Å². The second-order valence-electron chi connectivity index (χ2n) is 5.93. The van der Waals surface area contributed by atoms with E-state index >= 15 is 0 Å². The molecule has 1 aliphatic heterocycles. The van der Waals surface area contributed by atoms with Gasteiger partial charge in [0, 0.05) is 18.9 Å². The van der Waals surface area contributed by atoms with Gasteiger partial charge < -0.3 is 4.74 Å². The van der Waals surface area contributed by atoms with Crippen molar-refractivity contribution >= 4 is 15.9 Å². The number of nitrogens with one attached hydrogen (secondary N) is 1. The van der Waals surface area contributed by atoms with E-state index in [1.807, 2.05) is 12.1 Å². The molecule has 0 radical (unpaired) electrons. The van der Waals surface area contributed by atoms with Crippen molar-refractivity contribution in [2.24, 2.45) is 0 Å². The monoisotopic (exact) mass is 377 g/mol. The molecular weight excluding hydrogens is 358 g/mol. The van der Waals surface area contributed by atoms with Crippen LogP contribution in [0.3, 0.4) is 0 Å². The van der Waals surface area contributed by atoms with E-state index in [1.165, 1.54) is 5.48 Å². The van der Waals surface area contributed by atoms with E-state index in [1.54, 1.807) is 36.7 Å². The Morgan fingerprint density at radius 2 is 1.88 bits per heavy atom. The van der Waals surface area contributed by atoms with Crippen LogP contribution in [0.1, 0.15) is 17.5 Å². The number of benzene rings is 1. The fourth-order valence-corrected chi connectivity index (χ4v) is 4.47. The van der Waals surface area contributed by atoms with E-state index in [-0.39, 0.29) is 18.7 Å². The first-order valence-corrected chi connectivity index (χ1v) is 9.64. The Balaban J connectivity index is 1.65. The highest BCUT2D eigenvalue weighted by Gasteiger charge is 2.41. The SMILES string of the molecule is O=C(NO)C1CCS(=O)(=O)N1Cc1ccc(OCc2ccncc2)cc1. The molecule has 1 atom stereocenters. The zero-order valence-electron chi connectivity index (χ0n) is 13.9. The van der Waals surface area contributed by atoms with Crippen LogP contribution < -0.4 is 10.2 Å². The highest BCUT2D eigenvalue weighted by molar-refractivity contribution is 7.89. The third kappa shape index (κ3) is 4.18. The molecule has 1 fully saturated rings. The lowest BCUT2D eigenvalue weighted by Crippen LogP contribution is -2.43. The Labute approximate surface area is 151 Å². The molecule has 2 aromatic rings. The van der Waals surface area contributed by atoms with Crippen LogP contribution in [0.5, 0.6) is 5.75 Å². The lowest BCUT2D eigenvalue weighted by molar-refractivity contribution is -0.133. The quantitative estimate of drug-likeness (QED) is 0.576. The van der Waals surface area contributed by atoms with Crippen LogP contribution in [0, 0.1) is 0 Å². The normalized spacial score (nSPS) is 19.2. The van der Waals surface area contributed by atoms with Gasteiger partial charge in [-0.05, 0) is 41.8 Å². The van der Waals surface area contributed by atoms with Crippen LogP contribution in [-0.4, -0.2) is 40.6 Å². The average molecular weight is 377 g/mol. The standard InChI is InChI=1S/C17H19N3O5S/c21-17(19-22)16-7-10-26(23,24)20(16)11-13-1-3-15(4-2-13)25-12-14-5-8-18-9-6-14/h1-6,8-9,16,22H,7,10-12H2,(H,19,21). The van der Waals surface area contributed by atoms with Crippen molar-refractivity contribution in [2.75, 3.05) is 5.75 Å². The summed E-state index contributed by atoms with van der Waals surface area (Å²) in [4.78, 5) is 15.6. The van der Waals surface area contributed by atoms with E-state index in [4.69, 9.17) is 9.94 Å². The molecule has 2 N–H and O–H groups in total. The number of carbonyl (C=O) groups excluding carboxylic acids is 1. The summed E-state index contributed by atoms with van der Waals surface area (Å²) in [7, 11) is -3.52. The Morgan fingerprint density at radius 3 is 2.54 bits per heavy atom. The van der Waals surface area contributed by atoms with Gasteiger partial charge in [-0.1, -0.05) is 12.1 Å². The molecule has 26 heavy (non-hydrogen) atoms. The van der Waals surface area contributed by atoms with Gasteiger partial charge >= 0.3 is 0 Å². The summed E-state index contributed by atoms with van der Waals surface area (Å²) in [6.07, 6.45) is 3.54. The van der Waals surface area contributed by atoms with Gasteiger partial charge in [-0.25, -0.2) is 13.9 Å². The molecule has 9 heteroatoms. The van der Waals surface area contributed by atoms with Crippen LogP contribution in [0.25, 0.3) is 0 Å². The van der Waals surface area contributed by atoms with Crippen molar-refractivity contribution in [3.8, 4) is 5.75 Å². The highest BCUT2D eigenvalue weighted by atomic mass is 32.2. The molecule has 1 aromatic heterocycles. The number of hydrogen-bond donors (Lipinski definition) is 2. The first kappa shape index (κ1) is 18.3. The molecule has 1 aliphatic rings. The fraction of sp³-hybridized carbons (Fsp3) is 0.294. The summed E-state index contributed by atoms with van der Waals surface area (Å²) >= 11 is 0. The number of pyridine rings is 1. The predicted octanol–water partition coefficient (Wildman–Crippen LogP) is 1.07. The number of aromatic nitrogens is 1. The lowest BCUT2D eigenvalue weighted by atomic mass is 10.1. The molecule has 138 valence electrons. The van der Waals surface area contributed by atoms with Crippen LogP contribution >= 0.6 is 0 Å². The topological polar surface area (TPSA) is 109 Å². The van der Waals surface area contributed by atoms with E-state index in [2.05, 4.69) is 4.98 Å². The molecule has 0 bridgehead atoms. The zero-order chi connectivity index (χ0) is 18.6. The third-order valence-electron chi connectivity index (χ3n) is 4.18. The number of hydroxylamine groups is 1. The van der Waals surface area contributed by atoms with Gasteiger partial charge in [-0.2, -0.15) is 4.31 Å². The number of amides is 1. The summed E-state index contributed by atoms with van der Waals surface area (Å²) in [5.74, 6) is -0.180. The molecule has 0 spiro atoms. The molecule has 2 heterocycles. The van der Waals surface area contributed by atoms with E-state index in [9.17, 15) is 13.2 Å². The summed E-state index contributed by atoms with van der Waals surface area (Å²) in [5.41, 5.74) is 3.25. The smallest absolute Gasteiger partial charge is 0.261 e.